The van der Waals surface area contributed by atoms with E-state index < -0.39 is 17.7 Å². The van der Waals surface area contributed by atoms with E-state index in [9.17, 15) is 14.7 Å². The lowest BCUT2D eigenvalue weighted by Gasteiger charge is -2.21. The molecule has 1 fully saturated rings. The number of nitrogens with zero attached hydrogens (tertiary/aromatic N) is 1. The van der Waals surface area contributed by atoms with Gasteiger partial charge < -0.3 is 10.4 Å². The van der Waals surface area contributed by atoms with Gasteiger partial charge in [0, 0.05) is 0 Å². The molecule has 2 heterocycles. The third kappa shape index (κ3) is 3.20. The van der Waals surface area contributed by atoms with Crippen LogP contribution in [0.2, 0.25) is 0 Å². The van der Waals surface area contributed by atoms with Gasteiger partial charge in [-0.1, -0.05) is 30.3 Å². The summed E-state index contributed by atoms with van der Waals surface area (Å²) in [5.74, 6) is -0.315. The van der Waals surface area contributed by atoms with Crippen molar-refractivity contribution in [2.75, 3.05) is 6.54 Å². The Labute approximate surface area is 144 Å². The normalized spacial score (nSPS) is 21.8. The number of β-amino-alcohol motifs (C(OH)–C–C–N with tert-alkyl or cyclic N) is 1. The van der Waals surface area contributed by atoms with Crippen molar-refractivity contribution in [2.24, 2.45) is 0 Å². The topological polar surface area (TPSA) is 69.6 Å². The lowest BCUT2D eigenvalue weighted by atomic mass is 9.95. The third-order valence-electron chi connectivity index (χ3n) is 4.38. The summed E-state index contributed by atoms with van der Waals surface area (Å²) in [5.41, 5.74) is 0.847. The molecule has 1 aliphatic rings. The Kier molecular flexibility index (Phi) is 4.69. The lowest BCUT2D eigenvalue weighted by Crippen LogP contribution is -2.41. The zero-order valence-electron chi connectivity index (χ0n) is 13.4. The van der Waals surface area contributed by atoms with Gasteiger partial charge in [0.2, 0.25) is 0 Å². The number of aliphatic hydroxyl groups excluding tert-OH is 1. The number of thiophene rings is 1. The van der Waals surface area contributed by atoms with Gasteiger partial charge in [0.25, 0.3) is 5.91 Å². The number of carbonyl (C=O) groups excluding carboxylic acids is 2. The maximum atomic E-state index is 12.7. The molecule has 24 heavy (non-hydrogen) atoms. The summed E-state index contributed by atoms with van der Waals surface area (Å²) in [4.78, 5) is 26.0. The van der Waals surface area contributed by atoms with E-state index in [1.165, 1.54) is 11.3 Å². The van der Waals surface area contributed by atoms with Crippen LogP contribution in [0.3, 0.4) is 0 Å². The molecule has 1 saturated heterocycles. The maximum absolute atomic E-state index is 12.7. The van der Waals surface area contributed by atoms with E-state index in [0.29, 0.717) is 12.8 Å². The first-order chi connectivity index (χ1) is 11.5. The standard InChI is InChI=1S/C18H20N2O3S/c1-18(14-9-10-24-12-14)16(22)20(17(23)19-18)11-15(21)8-7-13-5-3-2-4-6-13/h2-6,9-10,12,15,21H,7-8,11H2,1H3,(H,19,23)/t15-,18+/m0/s1. The Balaban J connectivity index is 1.62. The average Bonchev–Trinajstić information content (AvgIpc) is 3.19. The van der Waals surface area contributed by atoms with Crippen LogP contribution in [0.5, 0.6) is 0 Å². The summed E-state index contributed by atoms with van der Waals surface area (Å²) in [5, 5.41) is 16.7. The van der Waals surface area contributed by atoms with Gasteiger partial charge >= 0.3 is 6.03 Å². The van der Waals surface area contributed by atoms with Crippen LogP contribution in [0.25, 0.3) is 0 Å². The van der Waals surface area contributed by atoms with Crippen LogP contribution >= 0.6 is 11.3 Å². The predicted molar refractivity (Wildman–Crippen MR) is 92.7 cm³/mol. The van der Waals surface area contributed by atoms with Crippen molar-refractivity contribution in [2.45, 2.75) is 31.4 Å². The second-order valence-corrected chi connectivity index (χ2v) is 6.94. The first-order valence-electron chi connectivity index (χ1n) is 7.89. The molecule has 2 aromatic rings. The Morgan fingerprint density at radius 1 is 1.25 bits per heavy atom. The Morgan fingerprint density at radius 3 is 2.67 bits per heavy atom. The van der Waals surface area contributed by atoms with Gasteiger partial charge in [0.05, 0.1) is 12.6 Å². The van der Waals surface area contributed by atoms with E-state index in [1.807, 2.05) is 47.2 Å². The molecule has 1 aromatic heterocycles. The molecule has 1 aromatic carbocycles. The molecule has 2 atom stereocenters. The molecule has 0 spiro atoms. The van der Waals surface area contributed by atoms with Gasteiger partial charge in [0.15, 0.2) is 0 Å². The summed E-state index contributed by atoms with van der Waals surface area (Å²) in [6.07, 6.45) is 0.452. The molecule has 0 aliphatic carbocycles. The van der Waals surface area contributed by atoms with Crippen LogP contribution < -0.4 is 5.32 Å². The molecule has 3 rings (SSSR count). The van der Waals surface area contributed by atoms with Crippen molar-refractivity contribution in [1.29, 1.82) is 0 Å². The average molecular weight is 344 g/mol. The summed E-state index contributed by atoms with van der Waals surface area (Å²) < 4.78 is 0. The van der Waals surface area contributed by atoms with Crippen molar-refractivity contribution in [1.82, 2.24) is 10.2 Å². The van der Waals surface area contributed by atoms with Gasteiger partial charge in [0.1, 0.15) is 5.54 Å². The van der Waals surface area contributed by atoms with Crippen molar-refractivity contribution in [3.63, 3.8) is 0 Å². The highest BCUT2D eigenvalue weighted by atomic mass is 32.1. The number of aryl methyl sites for hydroxylation is 1. The Morgan fingerprint density at radius 2 is 2.00 bits per heavy atom. The maximum Gasteiger partial charge on any atom is 0.325 e. The number of imide groups is 1. The number of urea groups is 1. The number of nitrogens with one attached hydrogen (secondary N) is 1. The Hall–Kier alpha value is -2.18. The molecule has 6 heteroatoms. The number of carbonyl (C=O) groups is 2. The van der Waals surface area contributed by atoms with Crippen LogP contribution in [-0.2, 0) is 16.8 Å². The highest BCUT2D eigenvalue weighted by Gasteiger charge is 2.49. The highest BCUT2D eigenvalue weighted by Crippen LogP contribution is 2.30. The fourth-order valence-electron chi connectivity index (χ4n) is 2.89. The summed E-state index contributed by atoms with van der Waals surface area (Å²) in [6, 6.07) is 11.2. The fourth-order valence-corrected chi connectivity index (χ4v) is 3.65. The molecule has 0 unspecified atom stereocenters. The van der Waals surface area contributed by atoms with E-state index in [1.54, 1.807) is 6.92 Å². The molecule has 2 N–H and O–H groups in total. The molecular weight excluding hydrogens is 324 g/mol. The van der Waals surface area contributed by atoms with Crippen LogP contribution in [-0.4, -0.2) is 34.6 Å². The molecular formula is C18H20N2O3S. The second-order valence-electron chi connectivity index (χ2n) is 6.16. The van der Waals surface area contributed by atoms with E-state index in [-0.39, 0.29) is 12.5 Å². The van der Waals surface area contributed by atoms with Gasteiger partial charge in [-0.15, -0.1) is 0 Å². The molecule has 3 amide bonds. The van der Waals surface area contributed by atoms with E-state index in [4.69, 9.17) is 0 Å². The van der Waals surface area contributed by atoms with Crippen molar-refractivity contribution >= 4 is 23.3 Å². The predicted octanol–water partition coefficient (Wildman–Crippen LogP) is 2.51. The molecule has 0 radical (unpaired) electrons. The lowest BCUT2D eigenvalue weighted by molar-refractivity contribution is -0.132. The highest BCUT2D eigenvalue weighted by molar-refractivity contribution is 7.08. The monoisotopic (exact) mass is 344 g/mol. The van der Waals surface area contributed by atoms with Gasteiger partial charge in [-0.2, -0.15) is 11.3 Å². The summed E-state index contributed by atoms with van der Waals surface area (Å²) in [7, 11) is 0. The number of benzene rings is 1. The fraction of sp³-hybridized carbons (Fsp3) is 0.333. The third-order valence-corrected chi connectivity index (χ3v) is 5.06. The summed E-state index contributed by atoms with van der Waals surface area (Å²) in [6.45, 7) is 1.71. The second kappa shape index (κ2) is 6.75. The minimum Gasteiger partial charge on any atom is -0.391 e. The number of amides is 3. The van der Waals surface area contributed by atoms with E-state index >= 15 is 0 Å². The van der Waals surface area contributed by atoms with E-state index in [2.05, 4.69) is 5.32 Å². The number of aliphatic hydroxyl groups is 1. The zero-order chi connectivity index (χ0) is 17.2. The van der Waals surface area contributed by atoms with Gasteiger partial charge in [-0.25, -0.2) is 4.79 Å². The largest absolute Gasteiger partial charge is 0.391 e. The van der Waals surface area contributed by atoms with Crippen molar-refractivity contribution in [3.8, 4) is 0 Å². The van der Waals surface area contributed by atoms with Crippen molar-refractivity contribution < 1.29 is 14.7 Å². The van der Waals surface area contributed by atoms with Gasteiger partial charge in [-0.3, -0.25) is 9.69 Å². The first-order valence-corrected chi connectivity index (χ1v) is 8.84. The molecule has 0 saturated carbocycles. The number of rotatable bonds is 6. The minimum atomic E-state index is -1.05. The Bertz CT molecular complexity index is 717. The molecule has 0 bridgehead atoms. The van der Waals surface area contributed by atoms with Gasteiger partial charge in [-0.05, 0) is 47.7 Å². The molecule has 5 nitrogen and oxygen atoms in total. The van der Waals surface area contributed by atoms with Crippen LogP contribution in [0, 0.1) is 0 Å². The van der Waals surface area contributed by atoms with Crippen LogP contribution in [0.1, 0.15) is 24.5 Å². The molecule has 1 aliphatic heterocycles. The minimum absolute atomic E-state index is 0.0111. The first kappa shape index (κ1) is 16.7. The smallest absolute Gasteiger partial charge is 0.325 e. The SMILES string of the molecule is C[C@]1(c2ccsc2)NC(=O)N(C[C@@H](O)CCc2ccccc2)C1=O. The van der Waals surface area contributed by atoms with Crippen molar-refractivity contribution in [3.05, 3.63) is 58.3 Å². The van der Waals surface area contributed by atoms with Crippen LogP contribution in [0.15, 0.2) is 47.2 Å². The van der Waals surface area contributed by atoms with Crippen LogP contribution in [0.4, 0.5) is 4.79 Å². The zero-order valence-corrected chi connectivity index (χ0v) is 14.3. The number of hydrogen-bond donors (Lipinski definition) is 2. The van der Waals surface area contributed by atoms with E-state index in [0.717, 1.165) is 16.0 Å². The molecule has 126 valence electrons. The number of hydrogen-bond acceptors (Lipinski definition) is 4. The quantitative estimate of drug-likeness (QED) is 0.791. The summed E-state index contributed by atoms with van der Waals surface area (Å²) >= 11 is 1.48.